The summed E-state index contributed by atoms with van der Waals surface area (Å²) in [6.07, 6.45) is 0. The van der Waals surface area contributed by atoms with Crippen molar-refractivity contribution in [2.75, 3.05) is 0 Å². The molecule has 62 valence electrons. The van der Waals surface area contributed by atoms with Gasteiger partial charge in [-0.1, -0.05) is 11.2 Å². The third kappa shape index (κ3) is 1.13. The first-order chi connectivity index (χ1) is 5.81. The zero-order valence-electron chi connectivity index (χ0n) is 6.25. The van der Waals surface area contributed by atoms with Gasteiger partial charge >= 0.3 is 0 Å². The van der Waals surface area contributed by atoms with E-state index in [-0.39, 0.29) is 0 Å². The topological polar surface area (TPSA) is 52.0 Å². The molecule has 0 aliphatic heterocycles. The van der Waals surface area contributed by atoms with Crippen LogP contribution in [0.3, 0.4) is 0 Å². The van der Waals surface area contributed by atoms with E-state index in [0.717, 1.165) is 21.1 Å². The molecule has 12 heavy (non-hydrogen) atoms. The Kier molecular flexibility index (Phi) is 1.86. The zero-order chi connectivity index (χ0) is 8.55. The number of benzene rings is 1. The number of fused-ring (bicyclic) bond motifs is 1. The van der Waals surface area contributed by atoms with Crippen molar-refractivity contribution in [2.24, 2.45) is 5.73 Å². The molecule has 0 atom stereocenters. The molecular formula is C8H7BrN2O. The second-order valence-electron chi connectivity index (χ2n) is 2.51. The number of nitrogens with zero attached hydrogens (tertiary/aromatic N) is 1. The first kappa shape index (κ1) is 7.76. The van der Waals surface area contributed by atoms with E-state index < -0.39 is 0 Å². The molecule has 0 spiro atoms. The summed E-state index contributed by atoms with van der Waals surface area (Å²) in [5.74, 6) is 0. The van der Waals surface area contributed by atoms with E-state index >= 15 is 0 Å². The monoisotopic (exact) mass is 226 g/mol. The van der Waals surface area contributed by atoms with E-state index in [1.807, 2.05) is 18.2 Å². The minimum Gasteiger partial charge on any atom is -0.355 e. The Hall–Kier alpha value is -0.870. The summed E-state index contributed by atoms with van der Waals surface area (Å²) in [6.45, 7) is 0.535. The third-order valence-corrected chi connectivity index (χ3v) is 2.30. The van der Waals surface area contributed by atoms with Crippen LogP contribution in [-0.4, -0.2) is 5.16 Å². The average molecular weight is 227 g/mol. The number of hydrogen-bond donors (Lipinski definition) is 1. The molecule has 0 bridgehead atoms. The highest BCUT2D eigenvalue weighted by atomic mass is 79.9. The molecule has 0 saturated heterocycles. The summed E-state index contributed by atoms with van der Waals surface area (Å²) in [4.78, 5) is 0. The lowest BCUT2D eigenvalue weighted by molar-refractivity contribution is 0.451. The largest absolute Gasteiger partial charge is 0.355 e. The van der Waals surface area contributed by atoms with Gasteiger partial charge in [-0.2, -0.15) is 0 Å². The van der Waals surface area contributed by atoms with E-state index in [4.69, 9.17) is 10.3 Å². The van der Waals surface area contributed by atoms with Crippen molar-refractivity contribution >= 4 is 26.9 Å². The second kappa shape index (κ2) is 2.88. The lowest BCUT2D eigenvalue weighted by Gasteiger charge is -1.93. The van der Waals surface area contributed by atoms with Crippen LogP contribution in [0.1, 0.15) is 5.56 Å². The molecule has 0 amide bonds. The molecule has 0 fully saturated rings. The molecular weight excluding hydrogens is 220 g/mol. The molecule has 0 saturated carbocycles. The van der Waals surface area contributed by atoms with Gasteiger partial charge in [0.1, 0.15) is 0 Å². The van der Waals surface area contributed by atoms with E-state index in [1.165, 1.54) is 0 Å². The molecule has 2 aromatic rings. The van der Waals surface area contributed by atoms with Gasteiger partial charge in [-0.3, -0.25) is 0 Å². The summed E-state index contributed by atoms with van der Waals surface area (Å²) in [5.41, 5.74) is 7.35. The van der Waals surface area contributed by atoms with E-state index in [1.54, 1.807) is 0 Å². The van der Waals surface area contributed by atoms with Gasteiger partial charge in [0.25, 0.3) is 0 Å². The minimum absolute atomic E-state index is 0.535. The predicted octanol–water partition coefficient (Wildman–Crippen LogP) is 2.05. The molecule has 0 radical (unpaired) electrons. The van der Waals surface area contributed by atoms with Gasteiger partial charge in [0.2, 0.25) is 0 Å². The molecule has 3 nitrogen and oxygen atoms in total. The van der Waals surface area contributed by atoms with Crippen molar-refractivity contribution in [2.45, 2.75) is 6.54 Å². The molecule has 1 aromatic heterocycles. The Morgan fingerprint density at radius 3 is 3.08 bits per heavy atom. The van der Waals surface area contributed by atoms with Gasteiger partial charge in [0.05, 0.1) is 5.39 Å². The van der Waals surface area contributed by atoms with Crippen LogP contribution in [0.4, 0.5) is 0 Å². The number of nitrogens with two attached hydrogens (primary N) is 1. The van der Waals surface area contributed by atoms with Crippen LogP contribution >= 0.6 is 15.9 Å². The van der Waals surface area contributed by atoms with Crippen LogP contribution in [0.25, 0.3) is 11.0 Å². The second-order valence-corrected chi connectivity index (χ2v) is 3.26. The number of hydrogen-bond acceptors (Lipinski definition) is 3. The van der Waals surface area contributed by atoms with Crippen LogP contribution in [0.2, 0.25) is 0 Å². The molecule has 1 heterocycles. The smallest absolute Gasteiger partial charge is 0.168 e. The fraction of sp³-hybridized carbons (Fsp3) is 0.125. The maximum Gasteiger partial charge on any atom is 0.168 e. The predicted molar refractivity (Wildman–Crippen MR) is 49.6 cm³/mol. The average Bonchev–Trinajstić information content (AvgIpc) is 2.47. The number of aromatic nitrogens is 1. The van der Waals surface area contributed by atoms with Crippen molar-refractivity contribution < 1.29 is 4.52 Å². The SMILES string of the molecule is NCc1ccc2onc(Br)c2c1. The number of halogens is 1. The van der Waals surface area contributed by atoms with Gasteiger partial charge in [0.15, 0.2) is 10.2 Å². The fourth-order valence-electron chi connectivity index (χ4n) is 1.08. The summed E-state index contributed by atoms with van der Waals surface area (Å²) < 4.78 is 5.74. The maximum atomic E-state index is 5.49. The molecule has 2 rings (SSSR count). The van der Waals surface area contributed by atoms with Crippen LogP contribution in [0.5, 0.6) is 0 Å². The van der Waals surface area contributed by atoms with Gasteiger partial charge in [-0.15, -0.1) is 0 Å². The van der Waals surface area contributed by atoms with Crippen LogP contribution in [-0.2, 0) is 6.54 Å². The van der Waals surface area contributed by atoms with Crippen molar-refractivity contribution in [3.8, 4) is 0 Å². The minimum atomic E-state index is 0.535. The highest BCUT2D eigenvalue weighted by Crippen LogP contribution is 2.23. The van der Waals surface area contributed by atoms with Crippen LogP contribution in [0.15, 0.2) is 27.3 Å². The van der Waals surface area contributed by atoms with Gasteiger partial charge < -0.3 is 10.3 Å². The quantitative estimate of drug-likeness (QED) is 0.810. The Labute approximate surface area is 77.7 Å². The van der Waals surface area contributed by atoms with Gasteiger partial charge in [0, 0.05) is 6.54 Å². The summed E-state index contributed by atoms with van der Waals surface area (Å²) in [6, 6.07) is 5.77. The van der Waals surface area contributed by atoms with Crippen molar-refractivity contribution in [3.63, 3.8) is 0 Å². The van der Waals surface area contributed by atoms with Crippen LogP contribution < -0.4 is 5.73 Å². The molecule has 1 aromatic carbocycles. The Morgan fingerprint density at radius 2 is 2.33 bits per heavy atom. The summed E-state index contributed by atoms with van der Waals surface area (Å²) in [5, 5.41) is 4.74. The van der Waals surface area contributed by atoms with Crippen molar-refractivity contribution in [1.82, 2.24) is 5.16 Å². The van der Waals surface area contributed by atoms with Crippen LogP contribution in [0, 0.1) is 0 Å². The Bertz CT molecular complexity index is 410. The first-order valence-corrected chi connectivity index (χ1v) is 4.34. The van der Waals surface area contributed by atoms with Crippen molar-refractivity contribution in [1.29, 1.82) is 0 Å². The van der Waals surface area contributed by atoms with E-state index in [2.05, 4.69) is 21.1 Å². The lowest BCUT2D eigenvalue weighted by Crippen LogP contribution is -1.94. The van der Waals surface area contributed by atoms with E-state index in [0.29, 0.717) is 6.54 Å². The molecule has 0 aliphatic carbocycles. The first-order valence-electron chi connectivity index (χ1n) is 3.55. The molecule has 0 unspecified atom stereocenters. The van der Waals surface area contributed by atoms with Crippen molar-refractivity contribution in [3.05, 3.63) is 28.4 Å². The summed E-state index contributed by atoms with van der Waals surface area (Å²) >= 11 is 3.28. The summed E-state index contributed by atoms with van der Waals surface area (Å²) in [7, 11) is 0. The normalized spacial score (nSPS) is 10.8. The number of rotatable bonds is 1. The fourth-order valence-corrected chi connectivity index (χ4v) is 1.47. The van der Waals surface area contributed by atoms with Gasteiger partial charge in [-0.25, -0.2) is 0 Å². The van der Waals surface area contributed by atoms with Gasteiger partial charge in [-0.05, 0) is 33.6 Å². The highest BCUT2D eigenvalue weighted by molar-refractivity contribution is 9.10. The Morgan fingerprint density at radius 1 is 1.50 bits per heavy atom. The molecule has 0 aliphatic rings. The molecule has 2 N–H and O–H groups in total. The lowest BCUT2D eigenvalue weighted by atomic mass is 10.2. The highest BCUT2D eigenvalue weighted by Gasteiger charge is 2.04. The Balaban J connectivity index is 2.71. The zero-order valence-corrected chi connectivity index (χ0v) is 7.84. The molecule has 4 heteroatoms. The van der Waals surface area contributed by atoms with E-state index in [9.17, 15) is 0 Å². The maximum absolute atomic E-state index is 5.49. The third-order valence-electron chi connectivity index (χ3n) is 1.73. The standard InChI is InChI=1S/C8H7BrN2O/c9-8-6-3-5(4-10)1-2-7(6)12-11-8/h1-3H,4,10H2.